The first-order valence-corrected chi connectivity index (χ1v) is 19.4. The third kappa shape index (κ3) is 10.5. The van der Waals surface area contributed by atoms with Gasteiger partial charge in [-0.1, -0.05) is 52.7 Å². The Morgan fingerprint density at radius 3 is 2.47 bits per heavy atom. The van der Waals surface area contributed by atoms with E-state index in [1.165, 1.54) is 12.0 Å². The number of thiazole rings is 1. The Morgan fingerprint density at radius 2 is 1.80 bits per heavy atom. The molecular weight excluding hydrogens is 607 g/mol. The van der Waals surface area contributed by atoms with Crippen molar-refractivity contribution in [1.82, 2.24) is 15.2 Å². The summed E-state index contributed by atoms with van der Waals surface area (Å²) >= 11 is 1.60. The van der Waals surface area contributed by atoms with Gasteiger partial charge in [0.2, 0.25) is 5.91 Å². The molecule has 0 spiro atoms. The van der Waals surface area contributed by atoms with E-state index in [9.17, 15) is 22.8 Å². The van der Waals surface area contributed by atoms with Crippen LogP contribution >= 0.6 is 11.3 Å². The fraction of sp³-hybridized carbons (Fsp3) is 0.657. The molecular formula is C35H51N3O5S2. The number of hydrogen-bond acceptors (Lipinski definition) is 8. The number of benzene rings is 1. The summed E-state index contributed by atoms with van der Waals surface area (Å²) in [6, 6.07) is 6.17. The summed E-state index contributed by atoms with van der Waals surface area (Å²) in [6.07, 6.45) is 8.03. The zero-order valence-electron chi connectivity index (χ0n) is 27.3. The molecule has 248 valence electrons. The number of fused-ring (bicyclic) bond motifs is 1. The van der Waals surface area contributed by atoms with Crippen molar-refractivity contribution in [2.75, 3.05) is 31.1 Å². The second-order valence-corrected chi connectivity index (χ2v) is 16.8. The second-order valence-electron chi connectivity index (χ2n) is 13.4. The number of amides is 1. The van der Waals surface area contributed by atoms with Gasteiger partial charge in [-0.3, -0.25) is 19.3 Å². The maximum Gasteiger partial charge on any atom is 0.224 e. The molecule has 1 aliphatic heterocycles. The van der Waals surface area contributed by atoms with E-state index in [0.717, 1.165) is 47.3 Å². The molecule has 0 radical (unpaired) electrons. The maximum atomic E-state index is 13.9. The maximum absolute atomic E-state index is 13.9. The zero-order valence-corrected chi connectivity index (χ0v) is 28.9. The molecule has 0 bridgehead atoms. The highest BCUT2D eigenvalue weighted by molar-refractivity contribution is 7.91. The van der Waals surface area contributed by atoms with Gasteiger partial charge in [-0.05, 0) is 55.2 Å². The SMILES string of the molecule is C=C(CN1CCS(=O)(=O)CC1)C(=O)CC[C@@H](NC(=O)[C@@H](CC(=O)CCC)Cc1nc2ccc(C(C)C)cc2s1)C1CCCCC1. The molecule has 1 aliphatic carbocycles. The number of ketones is 2. The summed E-state index contributed by atoms with van der Waals surface area (Å²) < 4.78 is 24.7. The normalized spacial score (nSPS) is 18.9. The van der Waals surface area contributed by atoms with Crippen LogP contribution in [0.2, 0.25) is 0 Å². The highest BCUT2D eigenvalue weighted by Crippen LogP contribution is 2.31. The zero-order chi connectivity index (χ0) is 32.6. The minimum Gasteiger partial charge on any atom is -0.353 e. The molecule has 1 amide bonds. The van der Waals surface area contributed by atoms with Crippen LogP contribution in [0.15, 0.2) is 30.4 Å². The van der Waals surface area contributed by atoms with Crippen molar-refractivity contribution < 1.29 is 22.8 Å². The van der Waals surface area contributed by atoms with Gasteiger partial charge in [-0.15, -0.1) is 11.3 Å². The van der Waals surface area contributed by atoms with Crippen molar-refractivity contribution >= 4 is 48.9 Å². The monoisotopic (exact) mass is 657 g/mol. The molecule has 2 aliphatic rings. The number of nitrogens with one attached hydrogen (secondary N) is 1. The van der Waals surface area contributed by atoms with Crippen LogP contribution < -0.4 is 5.32 Å². The van der Waals surface area contributed by atoms with E-state index in [1.807, 2.05) is 17.9 Å². The lowest BCUT2D eigenvalue weighted by molar-refractivity contribution is -0.130. The van der Waals surface area contributed by atoms with Crippen LogP contribution in [-0.4, -0.2) is 73.0 Å². The standard InChI is InChI=1S/C35H51N3O5S2/c1-5-9-29(39)20-28(22-34-36-31-13-12-27(24(2)3)21-33(31)44-34)35(41)37-30(26-10-7-6-8-11-26)14-15-32(40)25(4)23-38-16-18-45(42,43)19-17-38/h12-13,21,24,26,28,30H,4-11,14-20,22-23H2,1-3H3,(H,37,41)/t28-,30+/m0/s1. The van der Waals surface area contributed by atoms with Crippen LogP contribution in [0.5, 0.6) is 0 Å². The third-order valence-electron chi connectivity index (χ3n) is 9.39. The summed E-state index contributed by atoms with van der Waals surface area (Å²) in [7, 11) is -2.99. The van der Waals surface area contributed by atoms with Gasteiger partial charge in [0.1, 0.15) is 5.78 Å². The smallest absolute Gasteiger partial charge is 0.224 e. The van der Waals surface area contributed by atoms with Crippen LogP contribution in [-0.2, 0) is 30.6 Å². The summed E-state index contributed by atoms with van der Waals surface area (Å²) in [5.74, 6) is 0.342. The van der Waals surface area contributed by atoms with Gasteiger partial charge in [-0.2, -0.15) is 0 Å². The number of Topliss-reactive ketones (excluding diaryl/α,β-unsaturated/α-hetero) is 2. The Bertz CT molecular complexity index is 1440. The van der Waals surface area contributed by atoms with E-state index in [0.29, 0.717) is 56.3 Å². The van der Waals surface area contributed by atoms with Crippen LogP contribution in [0.25, 0.3) is 10.2 Å². The molecule has 1 saturated heterocycles. The molecule has 45 heavy (non-hydrogen) atoms. The lowest BCUT2D eigenvalue weighted by Crippen LogP contribution is -2.45. The van der Waals surface area contributed by atoms with Crippen LogP contribution in [0.3, 0.4) is 0 Å². The van der Waals surface area contributed by atoms with E-state index < -0.39 is 15.8 Å². The van der Waals surface area contributed by atoms with E-state index >= 15 is 0 Å². The van der Waals surface area contributed by atoms with Crippen molar-refractivity contribution in [3.05, 3.63) is 40.9 Å². The van der Waals surface area contributed by atoms with Crippen molar-refractivity contribution in [3.8, 4) is 0 Å². The molecule has 1 saturated carbocycles. The highest BCUT2D eigenvalue weighted by atomic mass is 32.2. The van der Waals surface area contributed by atoms with Gasteiger partial charge >= 0.3 is 0 Å². The van der Waals surface area contributed by atoms with Crippen molar-refractivity contribution in [2.45, 2.75) is 103 Å². The first-order chi connectivity index (χ1) is 21.4. The third-order valence-corrected chi connectivity index (χ3v) is 12.0. The molecule has 1 N–H and O–H groups in total. The average Bonchev–Trinajstić information content (AvgIpc) is 3.42. The number of carbonyl (C=O) groups is 3. The van der Waals surface area contributed by atoms with Gasteiger partial charge < -0.3 is 5.32 Å². The van der Waals surface area contributed by atoms with Crippen molar-refractivity contribution in [1.29, 1.82) is 0 Å². The Balaban J connectivity index is 1.44. The predicted octanol–water partition coefficient (Wildman–Crippen LogP) is 6.04. The number of hydrogen-bond donors (Lipinski definition) is 1. The largest absolute Gasteiger partial charge is 0.353 e. The molecule has 2 heterocycles. The molecule has 1 aromatic heterocycles. The average molecular weight is 658 g/mol. The summed E-state index contributed by atoms with van der Waals surface area (Å²) in [5.41, 5.74) is 2.66. The minimum atomic E-state index is -2.99. The summed E-state index contributed by atoms with van der Waals surface area (Å²) in [5, 5.41) is 4.19. The van der Waals surface area contributed by atoms with Gasteiger partial charge in [0.25, 0.3) is 0 Å². The first kappa shape index (κ1) is 35.4. The lowest BCUT2D eigenvalue weighted by Gasteiger charge is -2.32. The van der Waals surface area contributed by atoms with Crippen molar-refractivity contribution in [2.24, 2.45) is 11.8 Å². The Kier molecular flexibility index (Phi) is 12.9. The molecule has 4 rings (SSSR count). The first-order valence-electron chi connectivity index (χ1n) is 16.8. The van der Waals surface area contributed by atoms with E-state index in [4.69, 9.17) is 4.98 Å². The Hall–Kier alpha value is -2.43. The minimum absolute atomic E-state index is 0.0385. The molecule has 10 heteroatoms. The van der Waals surface area contributed by atoms with Gasteiger partial charge in [0.15, 0.2) is 15.6 Å². The molecule has 2 atom stereocenters. The topological polar surface area (TPSA) is 114 Å². The van der Waals surface area contributed by atoms with E-state index in [-0.39, 0.29) is 47.9 Å². The van der Waals surface area contributed by atoms with Crippen molar-refractivity contribution in [3.63, 3.8) is 0 Å². The summed E-state index contributed by atoms with van der Waals surface area (Å²) in [4.78, 5) is 46.7. The summed E-state index contributed by atoms with van der Waals surface area (Å²) in [6.45, 7) is 11.5. The van der Waals surface area contributed by atoms with Gasteiger partial charge in [-0.25, -0.2) is 13.4 Å². The van der Waals surface area contributed by atoms with Crippen LogP contribution in [0, 0.1) is 11.8 Å². The fourth-order valence-corrected chi connectivity index (χ4v) is 8.92. The number of aromatic nitrogens is 1. The van der Waals surface area contributed by atoms with Gasteiger partial charge in [0.05, 0.1) is 32.6 Å². The van der Waals surface area contributed by atoms with E-state index in [1.54, 1.807) is 11.3 Å². The molecule has 1 aromatic carbocycles. The second kappa shape index (κ2) is 16.4. The Labute approximate surface area is 273 Å². The number of rotatable bonds is 16. The highest BCUT2D eigenvalue weighted by Gasteiger charge is 2.31. The molecule has 2 fully saturated rings. The number of nitrogens with zero attached hydrogens (tertiary/aromatic N) is 2. The quantitative estimate of drug-likeness (QED) is 0.219. The molecule has 2 aromatic rings. The fourth-order valence-electron chi connectivity index (χ4n) is 6.55. The van der Waals surface area contributed by atoms with Crippen LogP contribution in [0.4, 0.5) is 0 Å². The predicted molar refractivity (Wildman–Crippen MR) is 182 cm³/mol. The van der Waals surface area contributed by atoms with Crippen LogP contribution in [0.1, 0.15) is 101 Å². The lowest BCUT2D eigenvalue weighted by atomic mass is 9.81. The van der Waals surface area contributed by atoms with E-state index in [2.05, 4.69) is 37.9 Å². The molecule has 8 nitrogen and oxygen atoms in total. The number of sulfone groups is 1. The number of carbonyl (C=O) groups excluding carboxylic acids is 3. The molecule has 0 unspecified atom stereocenters. The Morgan fingerprint density at radius 1 is 1.09 bits per heavy atom. The van der Waals surface area contributed by atoms with Gasteiger partial charge in [0, 0.05) is 56.9 Å².